The minimum absolute atomic E-state index is 0.186. The first-order valence-electron chi connectivity index (χ1n) is 10.3. The zero-order valence-corrected chi connectivity index (χ0v) is 17.8. The Hall–Kier alpha value is -3.52. The van der Waals surface area contributed by atoms with Gasteiger partial charge >= 0.3 is 11.9 Å². The molecule has 1 fully saturated rings. The molecule has 0 aromatic carbocycles. The van der Waals surface area contributed by atoms with Crippen LogP contribution in [0.15, 0.2) is 12.5 Å². The number of hydrogen-bond donors (Lipinski definition) is 7. The predicted octanol–water partition coefficient (Wildman–Crippen LogP) is -2.82. The summed E-state index contributed by atoms with van der Waals surface area (Å²) in [4.78, 5) is 68.2. The number of carboxylic acid groups (broad SMARTS) is 2. The van der Waals surface area contributed by atoms with E-state index in [-0.39, 0.29) is 19.4 Å². The third-order valence-electron chi connectivity index (χ3n) is 5.23. The summed E-state index contributed by atoms with van der Waals surface area (Å²) in [6, 6.07) is -4.84. The fourth-order valence-corrected chi connectivity index (χ4v) is 3.50. The summed E-state index contributed by atoms with van der Waals surface area (Å²) in [5.74, 6) is -4.82. The molecule has 0 spiro atoms. The normalized spacial score (nSPS) is 18.2. The van der Waals surface area contributed by atoms with Crippen molar-refractivity contribution in [3.8, 4) is 0 Å². The Balaban J connectivity index is 2.07. The van der Waals surface area contributed by atoms with Gasteiger partial charge in [0.05, 0.1) is 19.0 Å². The fraction of sp³-hybridized carbons (Fsp3) is 0.579. The van der Waals surface area contributed by atoms with E-state index in [0.717, 1.165) is 0 Å². The largest absolute Gasteiger partial charge is 0.481 e. The van der Waals surface area contributed by atoms with E-state index in [9.17, 15) is 24.0 Å². The second kappa shape index (κ2) is 11.9. The van der Waals surface area contributed by atoms with Crippen LogP contribution in [0.4, 0.5) is 0 Å². The minimum Gasteiger partial charge on any atom is -0.481 e. The number of rotatable bonds is 12. The van der Waals surface area contributed by atoms with E-state index in [1.165, 1.54) is 17.4 Å². The molecule has 2 heterocycles. The number of hydrogen-bond acceptors (Lipinski definition) is 8. The van der Waals surface area contributed by atoms with Crippen LogP contribution in [0.3, 0.4) is 0 Å². The summed E-state index contributed by atoms with van der Waals surface area (Å²) in [7, 11) is 0. The van der Waals surface area contributed by atoms with E-state index < -0.39 is 66.9 Å². The summed E-state index contributed by atoms with van der Waals surface area (Å²) < 4.78 is 0. The Morgan fingerprint density at radius 3 is 2.52 bits per heavy atom. The number of aromatic nitrogens is 2. The number of aliphatic hydroxyl groups is 1. The van der Waals surface area contributed by atoms with Crippen LogP contribution in [0.1, 0.15) is 31.4 Å². The molecule has 1 aromatic heterocycles. The van der Waals surface area contributed by atoms with Gasteiger partial charge in [0.15, 0.2) is 0 Å². The Morgan fingerprint density at radius 1 is 1.21 bits per heavy atom. The van der Waals surface area contributed by atoms with Gasteiger partial charge in [0, 0.05) is 31.3 Å². The predicted molar refractivity (Wildman–Crippen MR) is 110 cm³/mol. The van der Waals surface area contributed by atoms with Gasteiger partial charge in [0.1, 0.15) is 18.1 Å². The average Bonchev–Trinajstić information content (AvgIpc) is 3.45. The SMILES string of the molecule is NC(Cc1cnc[nH]1)C(=O)N1CCCC1C(=O)NC(CCC(=O)O)C(=O)NC(CO)C(=O)O. The lowest BCUT2D eigenvalue weighted by Gasteiger charge is -2.28. The molecule has 14 heteroatoms. The summed E-state index contributed by atoms with van der Waals surface area (Å²) in [6.45, 7) is -0.606. The summed E-state index contributed by atoms with van der Waals surface area (Å²) >= 11 is 0. The third-order valence-corrected chi connectivity index (χ3v) is 5.23. The standard InChI is InChI=1S/C19H28N6O8/c20-11(6-10-7-21-9-22-10)18(31)25-5-1-2-14(25)17(30)23-12(3-4-15(27)28)16(29)24-13(8-26)19(32)33/h7,9,11-14,26H,1-6,8,20H2,(H,21,22)(H,23,30)(H,24,29)(H,27,28)(H,32,33). The van der Waals surface area contributed by atoms with Gasteiger partial charge in [-0.25, -0.2) is 9.78 Å². The number of aliphatic carboxylic acids is 2. The van der Waals surface area contributed by atoms with Gasteiger partial charge in [-0.15, -0.1) is 0 Å². The van der Waals surface area contributed by atoms with E-state index in [1.807, 2.05) is 0 Å². The van der Waals surface area contributed by atoms with Crippen LogP contribution in [-0.4, -0.2) is 97.2 Å². The molecule has 8 N–H and O–H groups in total. The molecule has 2 rings (SSSR count). The van der Waals surface area contributed by atoms with Gasteiger partial charge in [-0.3, -0.25) is 19.2 Å². The highest BCUT2D eigenvalue weighted by atomic mass is 16.4. The van der Waals surface area contributed by atoms with Crippen molar-refractivity contribution in [2.45, 2.75) is 56.3 Å². The second-order valence-corrected chi connectivity index (χ2v) is 7.65. The molecular weight excluding hydrogens is 440 g/mol. The van der Waals surface area contributed by atoms with E-state index in [1.54, 1.807) is 0 Å². The molecule has 14 nitrogen and oxygen atoms in total. The molecule has 0 bridgehead atoms. The Bertz CT molecular complexity index is 860. The first kappa shape index (κ1) is 25.7. The maximum absolute atomic E-state index is 12.9. The number of amides is 3. The number of carbonyl (C=O) groups is 5. The lowest BCUT2D eigenvalue weighted by atomic mass is 10.1. The van der Waals surface area contributed by atoms with Crippen molar-refractivity contribution in [1.29, 1.82) is 0 Å². The summed E-state index contributed by atoms with van der Waals surface area (Å²) in [5.41, 5.74) is 6.65. The second-order valence-electron chi connectivity index (χ2n) is 7.65. The van der Waals surface area contributed by atoms with Crippen LogP contribution >= 0.6 is 0 Å². The van der Waals surface area contributed by atoms with Gasteiger partial charge in [0.25, 0.3) is 0 Å². The maximum atomic E-state index is 12.9. The zero-order chi connectivity index (χ0) is 24.5. The summed E-state index contributed by atoms with van der Waals surface area (Å²) in [5, 5.41) is 31.5. The van der Waals surface area contributed by atoms with Crippen molar-refractivity contribution in [2.24, 2.45) is 5.73 Å². The smallest absolute Gasteiger partial charge is 0.328 e. The quantitative estimate of drug-likeness (QED) is 0.166. The molecule has 182 valence electrons. The topological polar surface area (TPSA) is 228 Å². The molecule has 0 aliphatic carbocycles. The molecule has 1 saturated heterocycles. The Kier molecular flexibility index (Phi) is 9.30. The molecule has 1 aliphatic rings. The van der Waals surface area contributed by atoms with Gasteiger partial charge in [0.2, 0.25) is 17.7 Å². The number of carbonyl (C=O) groups excluding carboxylic acids is 3. The number of aliphatic hydroxyl groups excluding tert-OH is 1. The average molecular weight is 468 g/mol. The number of nitrogens with zero attached hydrogens (tertiary/aromatic N) is 2. The van der Waals surface area contributed by atoms with Crippen LogP contribution in [0.2, 0.25) is 0 Å². The van der Waals surface area contributed by atoms with Gasteiger partial charge in [-0.1, -0.05) is 0 Å². The molecule has 3 amide bonds. The van der Waals surface area contributed by atoms with E-state index in [4.69, 9.17) is 21.1 Å². The molecule has 0 radical (unpaired) electrons. The van der Waals surface area contributed by atoms with Gasteiger partial charge < -0.3 is 41.6 Å². The fourth-order valence-electron chi connectivity index (χ4n) is 3.50. The Labute approximate surface area is 188 Å². The molecule has 0 saturated carbocycles. The zero-order valence-electron chi connectivity index (χ0n) is 17.8. The summed E-state index contributed by atoms with van der Waals surface area (Å²) in [6.07, 6.45) is 3.22. The number of H-pyrrole nitrogens is 1. The van der Waals surface area contributed by atoms with Crippen molar-refractivity contribution in [3.63, 3.8) is 0 Å². The highest BCUT2D eigenvalue weighted by Gasteiger charge is 2.38. The van der Waals surface area contributed by atoms with Crippen LogP contribution in [0, 0.1) is 0 Å². The number of imidazole rings is 1. The molecule has 33 heavy (non-hydrogen) atoms. The Morgan fingerprint density at radius 2 is 1.94 bits per heavy atom. The first-order chi connectivity index (χ1) is 15.6. The van der Waals surface area contributed by atoms with E-state index in [0.29, 0.717) is 18.5 Å². The maximum Gasteiger partial charge on any atom is 0.328 e. The number of nitrogens with two attached hydrogens (primary N) is 1. The molecule has 1 aliphatic heterocycles. The van der Waals surface area contributed by atoms with Crippen molar-refractivity contribution in [2.75, 3.05) is 13.2 Å². The highest BCUT2D eigenvalue weighted by Crippen LogP contribution is 2.19. The number of carboxylic acids is 2. The van der Waals surface area contributed by atoms with Crippen LogP contribution in [-0.2, 0) is 30.4 Å². The van der Waals surface area contributed by atoms with Crippen LogP contribution in [0.5, 0.6) is 0 Å². The molecule has 4 atom stereocenters. The monoisotopic (exact) mass is 468 g/mol. The van der Waals surface area contributed by atoms with Crippen molar-refractivity contribution >= 4 is 29.7 Å². The van der Waals surface area contributed by atoms with Crippen molar-refractivity contribution in [1.82, 2.24) is 25.5 Å². The highest BCUT2D eigenvalue weighted by molar-refractivity contribution is 5.94. The molecule has 4 unspecified atom stereocenters. The van der Waals surface area contributed by atoms with Gasteiger partial charge in [-0.05, 0) is 19.3 Å². The van der Waals surface area contributed by atoms with Crippen LogP contribution < -0.4 is 16.4 Å². The van der Waals surface area contributed by atoms with Crippen molar-refractivity contribution in [3.05, 3.63) is 18.2 Å². The third kappa shape index (κ3) is 7.25. The molecular formula is C19H28N6O8. The lowest BCUT2D eigenvalue weighted by molar-refractivity contribution is -0.144. The first-order valence-corrected chi connectivity index (χ1v) is 10.3. The number of nitrogens with one attached hydrogen (secondary N) is 3. The van der Waals surface area contributed by atoms with Crippen molar-refractivity contribution < 1.29 is 39.3 Å². The lowest BCUT2D eigenvalue weighted by Crippen LogP contribution is -2.57. The van der Waals surface area contributed by atoms with Crippen LogP contribution in [0.25, 0.3) is 0 Å². The van der Waals surface area contributed by atoms with E-state index >= 15 is 0 Å². The number of aromatic amines is 1. The van der Waals surface area contributed by atoms with E-state index in [2.05, 4.69) is 20.6 Å². The molecule has 1 aromatic rings. The minimum atomic E-state index is -1.62. The van der Waals surface area contributed by atoms with Gasteiger partial charge in [-0.2, -0.15) is 0 Å². The number of likely N-dealkylation sites (tertiary alicyclic amines) is 1.